The highest BCUT2D eigenvalue weighted by atomic mass is 35.5. The zero-order valence-electron chi connectivity index (χ0n) is 9.65. The Kier molecular flexibility index (Phi) is 4.31. The second-order valence-electron chi connectivity index (χ2n) is 3.61. The van der Waals surface area contributed by atoms with Gasteiger partial charge in [-0.1, -0.05) is 29.3 Å². The Balaban J connectivity index is 2.07. The van der Waals surface area contributed by atoms with Gasteiger partial charge in [-0.15, -0.1) is 0 Å². The number of para-hydroxylation sites is 1. The number of nitrogens with one attached hydrogen (secondary N) is 1. The number of ether oxygens (including phenoxy) is 1. The molecular weight excluding hydrogens is 291 g/mol. The van der Waals surface area contributed by atoms with Gasteiger partial charge in [0.05, 0.1) is 15.6 Å². The number of rotatable bonds is 4. The number of carbonyl (C=O) groups excluding carboxylic acids is 1. The van der Waals surface area contributed by atoms with Gasteiger partial charge in [-0.25, -0.2) is 5.84 Å². The van der Waals surface area contributed by atoms with E-state index in [1.165, 1.54) is 12.3 Å². The molecule has 1 aromatic heterocycles. The molecule has 0 atom stereocenters. The SMILES string of the molecule is NNC(=O)c1coc(COc2c(Cl)cccc2Cl)c1. The molecule has 0 radical (unpaired) electrons. The molecule has 5 nitrogen and oxygen atoms in total. The molecule has 2 rings (SSSR count). The van der Waals surface area contributed by atoms with Crippen LogP contribution in [0.2, 0.25) is 10.0 Å². The van der Waals surface area contributed by atoms with Crippen LogP contribution in [0.3, 0.4) is 0 Å². The largest absolute Gasteiger partial charge is 0.483 e. The normalized spacial score (nSPS) is 10.3. The molecule has 3 N–H and O–H groups in total. The van der Waals surface area contributed by atoms with Crippen molar-refractivity contribution in [1.82, 2.24) is 5.43 Å². The Morgan fingerprint density at radius 3 is 2.68 bits per heavy atom. The second-order valence-corrected chi connectivity index (χ2v) is 4.43. The summed E-state index contributed by atoms with van der Waals surface area (Å²) in [6.07, 6.45) is 1.29. The molecule has 7 heteroatoms. The summed E-state index contributed by atoms with van der Waals surface area (Å²) in [5, 5.41) is 0.804. The van der Waals surface area contributed by atoms with E-state index in [0.29, 0.717) is 27.1 Å². The van der Waals surface area contributed by atoms with E-state index in [1.807, 2.05) is 5.43 Å². The van der Waals surface area contributed by atoms with Gasteiger partial charge in [0.1, 0.15) is 18.6 Å². The van der Waals surface area contributed by atoms with E-state index < -0.39 is 5.91 Å². The monoisotopic (exact) mass is 300 g/mol. The van der Waals surface area contributed by atoms with Crippen molar-refractivity contribution in [2.24, 2.45) is 5.84 Å². The number of hydrogen-bond donors (Lipinski definition) is 2. The highest BCUT2D eigenvalue weighted by molar-refractivity contribution is 6.37. The van der Waals surface area contributed by atoms with Crippen molar-refractivity contribution >= 4 is 29.1 Å². The number of amides is 1. The fourth-order valence-corrected chi connectivity index (χ4v) is 1.93. The first-order valence-corrected chi connectivity index (χ1v) is 6.02. The highest BCUT2D eigenvalue weighted by Crippen LogP contribution is 2.32. The van der Waals surface area contributed by atoms with Crippen LogP contribution >= 0.6 is 23.2 Å². The summed E-state index contributed by atoms with van der Waals surface area (Å²) >= 11 is 11.9. The maximum atomic E-state index is 11.2. The van der Waals surface area contributed by atoms with Gasteiger partial charge in [-0.2, -0.15) is 0 Å². The molecule has 19 heavy (non-hydrogen) atoms. The van der Waals surface area contributed by atoms with Crippen molar-refractivity contribution in [3.05, 3.63) is 51.9 Å². The van der Waals surface area contributed by atoms with Crippen molar-refractivity contribution in [1.29, 1.82) is 0 Å². The minimum absolute atomic E-state index is 0.0985. The molecule has 0 saturated heterocycles. The summed E-state index contributed by atoms with van der Waals surface area (Å²) in [6, 6.07) is 6.57. The predicted molar refractivity (Wildman–Crippen MR) is 71.2 cm³/mol. The molecule has 1 amide bonds. The van der Waals surface area contributed by atoms with Crippen LogP contribution in [0.15, 0.2) is 34.9 Å². The Morgan fingerprint density at radius 2 is 2.05 bits per heavy atom. The van der Waals surface area contributed by atoms with Crippen LogP contribution in [-0.2, 0) is 6.61 Å². The Bertz CT molecular complexity index is 578. The molecule has 1 heterocycles. The number of benzene rings is 1. The van der Waals surface area contributed by atoms with Gasteiger partial charge in [0.2, 0.25) is 0 Å². The van der Waals surface area contributed by atoms with Crippen LogP contribution in [0.4, 0.5) is 0 Å². The van der Waals surface area contributed by atoms with Gasteiger partial charge in [-0.3, -0.25) is 10.2 Å². The van der Waals surface area contributed by atoms with Gasteiger partial charge in [0.25, 0.3) is 5.91 Å². The van der Waals surface area contributed by atoms with Gasteiger partial charge >= 0.3 is 0 Å². The average molecular weight is 301 g/mol. The highest BCUT2D eigenvalue weighted by Gasteiger charge is 2.11. The molecule has 1 aromatic carbocycles. The fourth-order valence-electron chi connectivity index (χ4n) is 1.42. The molecule has 100 valence electrons. The van der Waals surface area contributed by atoms with Crippen LogP contribution in [-0.4, -0.2) is 5.91 Å². The topological polar surface area (TPSA) is 77.5 Å². The van der Waals surface area contributed by atoms with Crippen molar-refractivity contribution < 1.29 is 13.9 Å². The van der Waals surface area contributed by atoms with Crippen molar-refractivity contribution in [3.63, 3.8) is 0 Å². The zero-order chi connectivity index (χ0) is 13.8. The first-order chi connectivity index (χ1) is 9.11. The van der Waals surface area contributed by atoms with Gasteiger partial charge in [0.15, 0.2) is 5.75 Å². The lowest BCUT2D eigenvalue weighted by Gasteiger charge is -2.07. The van der Waals surface area contributed by atoms with Crippen LogP contribution in [0.5, 0.6) is 5.75 Å². The fraction of sp³-hybridized carbons (Fsp3) is 0.0833. The molecule has 0 fully saturated rings. The minimum atomic E-state index is -0.439. The Labute approximate surface area is 119 Å². The second kappa shape index (κ2) is 5.97. The first-order valence-electron chi connectivity index (χ1n) is 5.27. The lowest BCUT2D eigenvalue weighted by molar-refractivity contribution is 0.0953. The predicted octanol–water partition coefficient (Wildman–Crippen LogP) is 2.77. The average Bonchev–Trinajstić information content (AvgIpc) is 2.86. The number of halogens is 2. The van der Waals surface area contributed by atoms with E-state index in [0.717, 1.165) is 0 Å². The van der Waals surface area contributed by atoms with Crippen molar-refractivity contribution in [2.45, 2.75) is 6.61 Å². The molecule has 0 bridgehead atoms. The maximum absolute atomic E-state index is 11.2. The molecular formula is C12H10Cl2N2O3. The number of hydrazine groups is 1. The number of carbonyl (C=O) groups is 1. The molecule has 0 spiro atoms. The quantitative estimate of drug-likeness (QED) is 0.517. The van der Waals surface area contributed by atoms with Crippen molar-refractivity contribution in [3.8, 4) is 5.75 Å². The third-order valence-electron chi connectivity index (χ3n) is 2.32. The molecule has 0 aliphatic rings. The van der Waals surface area contributed by atoms with Gasteiger partial charge < -0.3 is 9.15 Å². The third kappa shape index (κ3) is 3.20. The molecule has 0 unspecified atom stereocenters. The molecule has 0 aliphatic heterocycles. The summed E-state index contributed by atoms with van der Waals surface area (Å²) in [7, 11) is 0. The smallest absolute Gasteiger partial charge is 0.268 e. The Hall–Kier alpha value is -1.69. The van der Waals surface area contributed by atoms with E-state index in [4.69, 9.17) is 38.2 Å². The lowest BCUT2D eigenvalue weighted by Crippen LogP contribution is -2.29. The van der Waals surface area contributed by atoms with Crippen LogP contribution in [0.1, 0.15) is 16.1 Å². The number of nitrogen functional groups attached to an aromatic ring is 1. The summed E-state index contributed by atoms with van der Waals surface area (Å²) < 4.78 is 10.6. The standard InChI is InChI=1S/C12H10Cl2N2O3/c13-9-2-1-3-10(14)11(9)19-6-8-4-7(5-18-8)12(17)16-15/h1-5H,6,15H2,(H,16,17). The molecule has 0 aliphatic carbocycles. The summed E-state index contributed by atoms with van der Waals surface area (Å²) in [5.41, 5.74) is 2.32. The first kappa shape index (κ1) is 13.7. The van der Waals surface area contributed by atoms with E-state index in [9.17, 15) is 4.79 Å². The number of nitrogens with two attached hydrogens (primary N) is 1. The van der Waals surface area contributed by atoms with E-state index in [1.54, 1.807) is 18.2 Å². The summed E-state index contributed by atoms with van der Waals surface area (Å²) in [4.78, 5) is 11.2. The molecule has 0 saturated carbocycles. The van der Waals surface area contributed by atoms with Crippen LogP contribution in [0.25, 0.3) is 0 Å². The van der Waals surface area contributed by atoms with Crippen LogP contribution < -0.4 is 16.0 Å². The lowest BCUT2D eigenvalue weighted by atomic mass is 10.3. The summed E-state index contributed by atoms with van der Waals surface area (Å²) in [6.45, 7) is 0.0985. The van der Waals surface area contributed by atoms with Gasteiger partial charge in [-0.05, 0) is 18.2 Å². The molecule has 2 aromatic rings. The maximum Gasteiger partial charge on any atom is 0.268 e. The van der Waals surface area contributed by atoms with E-state index in [2.05, 4.69) is 0 Å². The zero-order valence-corrected chi connectivity index (χ0v) is 11.2. The van der Waals surface area contributed by atoms with Crippen molar-refractivity contribution in [2.75, 3.05) is 0 Å². The summed E-state index contributed by atoms with van der Waals surface area (Å²) in [5.74, 6) is 5.39. The number of furan rings is 1. The number of hydrogen-bond acceptors (Lipinski definition) is 4. The van der Waals surface area contributed by atoms with E-state index >= 15 is 0 Å². The minimum Gasteiger partial charge on any atom is -0.483 e. The third-order valence-corrected chi connectivity index (χ3v) is 2.92. The Morgan fingerprint density at radius 1 is 1.37 bits per heavy atom. The van der Waals surface area contributed by atoms with E-state index in [-0.39, 0.29) is 6.61 Å². The van der Waals surface area contributed by atoms with Gasteiger partial charge in [0, 0.05) is 0 Å². The van der Waals surface area contributed by atoms with Crippen LogP contribution in [0, 0.1) is 0 Å².